The van der Waals surface area contributed by atoms with Crippen molar-refractivity contribution in [3.63, 3.8) is 0 Å². The summed E-state index contributed by atoms with van der Waals surface area (Å²) < 4.78 is 0. The fourth-order valence-electron chi connectivity index (χ4n) is 1.52. The van der Waals surface area contributed by atoms with Crippen molar-refractivity contribution in [2.75, 3.05) is 6.54 Å². The van der Waals surface area contributed by atoms with E-state index in [1.807, 2.05) is 0 Å². The molecule has 0 heterocycles. The number of hydrogen-bond donors (Lipinski definition) is 2. The molecule has 0 bridgehead atoms. The van der Waals surface area contributed by atoms with E-state index < -0.39 is 5.97 Å². The SMILES string of the molecule is C=C(CNC(C)C(CC)CC)C(=O)O. The highest BCUT2D eigenvalue weighted by molar-refractivity contribution is 5.86. The molecule has 0 aromatic heterocycles. The minimum Gasteiger partial charge on any atom is -0.478 e. The highest BCUT2D eigenvalue weighted by Gasteiger charge is 2.13. The molecule has 0 spiro atoms. The molecular formula is C11H21NO2. The van der Waals surface area contributed by atoms with Crippen molar-refractivity contribution in [3.8, 4) is 0 Å². The van der Waals surface area contributed by atoms with Crippen LogP contribution in [-0.4, -0.2) is 23.7 Å². The van der Waals surface area contributed by atoms with Gasteiger partial charge in [0.25, 0.3) is 0 Å². The van der Waals surface area contributed by atoms with E-state index in [0.29, 0.717) is 18.5 Å². The summed E-state index contributed by atoms with van der Waals surface area (Å²) in [7, 11) is 0. The number of carboxylic acids is 1. The average Bonchev–Trinajstić information content (AvgIpc) is 2.15. The van der Waals surface area contributed by atoms with Crippen LogP contribution in [0.3, 0.4) is 0 Å². The molecule has 1 atom stereocenters. The lowest BCUT2D eigenvalue weighted by Gasteiger charge is -2.22. The molecule has 0 aromatic carbocycles. The normalized spacial score (nSPS) is 12.9. The monoisotopic (exact) mass is 199 g/mol. The second kappa shape index (κ2) is 6.60. The number of hydrogen-bond acceptors (Lipinski definition) is 2. The van der Waals surface area contributed by atoms with Crippen LogP contribution in [0.1, 0.15) is 33.6 Å². The highest BCUT2D eigenvalue weighted by atomic mass is 16.4. The van der Waals surface area contributed by atoms with Crippen molar-refractivity contribution < 1.29 is 9.90 Å². The average molecular weight is 199 g/mol. The topological polar surface area (TPSA) is 49.3 Å². The lowest BCUT2D eigenvalue weighted by atomic mass is 9.95. The van der Waals surface area contributed by atoms with E-state index in [0.717, 1.165) is 12.8 Å². The Morgan fingerprint density at radius 1 is 1.43 bits per heavy atom. The molecule has 0 rings (SSSR count). The Morgan fingerprint density at radius 3 is 2.29 bits per heavy atom. The molecule has 0 amide bonds. The molecule has 0 saturated carbocycles. The van der Waals surface area contributed by atoms with Gasteiger partial charge in [-0.1, -0.05) is 33.3 Å². The molecule has 0 radical (unpaired) electrons. The molecule has 0 aromatic rings. The van der Waals surface area contributed by atoms with E-state index in [2.05, 4.69) is 32.7 Å². The highest BCUT2D eigenvalue weighted by Crippen LogP contribution is 2.12. The Balaban J connectivity index is 3.88. The van der Waals surface area contributed by atoms with Gasteiger partial charge >= 0.3 is 5.97 Å². The Labute approximate surface area is 86.2 Å². The summed E-state index contributed by atoms with van der Waals surface area (Å²) in [5.41, 5.74) is 0.225. The lowest BCUT2D eigenvalue weighted by molar-refractivity contribution is -0.132. The third kappa shape index (κ3) is 4.42. The van der Waals surface area contributed by atoms with Crippen molar-refractivity contribution in [3.05, 3.63) is 12.2 Å². The molecule has 3 nitrogen and oxygen atoms in total. The Bertz CT molecular complexity index is 197. The minimum absolute atomic E-state index is 0.225. The van der Waals surface area contributed by atoms with Gasteiger partial charge < -0.3 is 10.4 Å². The van der Waals surface area contributed by atoms with Gasteiger partial charge in [-0.25, -0.2) is 4.79 Å². The molecule has 0 fully saturated rings. The van der Waals surface area contributed by atoms with Crippen molar-refractivity contribution in [1.29, 1.82) is 0 Å². The van der Waals surface area contributed by atoms with E-state index in [1.165, 1.54) is 0 Å². The van der Waals surface area contributed by atoms with Gasteiger partial charge in [0, 0.05) is 18.2 Å². The quantitative estimate of drug-likeness (QED) is 0.617. The number of nitrogens with one attached hydrogen (secondary N) is 1. The Kier molecular flexibility index (Phi) is 6.21. The van der Waals surface area contributed by atoms with Crippen LogP contribution < -0.4 is 5.32 Å². The summed E-state index contributed by atoms with van der Waals surface area (Å²) in [6.45, 7) is 10.2. The standard InChI is InChI=1S/C11H21NO2/c1-5-10(6-2)9(4)12-7-8(3)11(13)14/h9-10,12H,3,5-7H2,1-2,4H3,(H,13,14). The summed E-state index contributed by atoms with van der Waals surface area (Å²) in [5.74, 6) is -0.314. The Morgan fingerprint density at radius 2 is 1.93 bits per heavy atom. The zero-order valence-corrected chi connectivity index (χ0v) is 9.34. The fourth-order valence-corrected chi connectivity index (χ4v) is 1.52. The number of carbonyl (C=O) groups is 1. The number of aliphatic carboxylic acids is 1. The van der Waals surface area contributed by atoms with E-state index in [9.17, 15) is 4.79 Å². The minimum atomic E-state index is -0.922. The summed E-state index contributed by atoms with van der Waals surface area (Å²) in [5, 5.41) is 11.8. The first kappa shape index (κ1) is 13.2. The fraction of sp³-hybridized carbons (Fsp3) is 0.727. The predicted molar refractivity (Wildman–Crippen MR) is 58.3 cm³/mol. The molecule has 0 saturated heterocycles. The molecule has 0 aliphatic rings. The van der Waals surface area contributed by atoms with Gasteiger partial charge in [0.05, 0.1) is 0 Å². The van der Waals surface area contributed by atoms with Crippen LogP contribution in [-0.2, 0) is 4.79 Å². The van der Waals surface area contributed by atoms with Gasteiger partial charge in [0.1, 0.15) is 0 Å². The second-order valence-electron chi connectivity index (χ2n) is 3.65. The zero-order chi connectivity index (χ0) is 11.1. The maximum atomic E-state index is 10.5. The smallest absolute Gasteiger partial charge is 0.332 e. The van der Waals surface area contributed by atoms with E-state index in [4.69, 9.17) is 5.11 Å². The molecule has 0 aliphatic heterocycles. The van der Waals surface area contributed by atoms with Crippen LogP contribution in [0.4, 0.5) is 0 Å². The van der Waals surface area contributed by atoms with E-state index >= 15 is 0 Å². The molecular weight excluding hydrogens is 178 g/mol. The summed E-state index contributed by atoms with van der Waals surface area (Å²) in [4.78, 5) is 10.5. The van der Waals surface area contributed by atoms with E-state index in [-0.39, 0.29) is 5.57 Å². The molecule has 3 heteroatoms. The van der Waals surface area contributed by atoms with Gasteiger partial charge in [0.15, 0.2) is 0 Å². The predicted octanol–water partition coefficient (Wildman–Crippen LogP) is 2.04. The maximum absolute atomic E-state index is 10.5. The second-order valence-corrected chi connectivity index (χ2v) is 3.65. The summed E-state index contributed by atoms with van der Waals surface area (Å²) in [6, 6.07) is 0.348. The van der Waals surface area contributed by atoms with Gasteiger partial charge in [-0.05, 0) is 12.8 Å². The lowest BCUT2D eigenvalue weighted by Crippen LogP contribution is -2.35. The van der Waals surface area contributed by atoms with Crippen LogP contribution in [0.2, 0.25) is 0 Å². The molecule has 14 heavy (non-hydrogen) atoms. The molecule has 82 valence electrons. The first-order valence-corrected chi connectivity index (χ1v) is 5.17. The van der Waals surface area contributed by atoms with Crippen LogP contribution in [0, 0.1) is 5.92 Å². The number of carboxylic acid groups (broad SMARTS) is 1. The molecule has 1 unspecified atom stereocenters. The van der Waals surface area contributed by atoms with Gasteiger partial charge in [-0.2, -0.15) is 0 Å². The first-order valence-electron chi connectivity index (χ1n) is 5.17. The van der Waals surface area contributed by atoms with Crippen molar-refractivity contribution in [2.24, 2.45) is 5.92 Å². The van der Waals surface area contributed by atoms with Crippen molar-refractivity contribution >= 4 is 5.97 Å². The van der Waals surface area contributed by atoms with Crippen molar-refractivity contribution in [1.82, 2.24) is 5.32 Å². The van der Waals surface area contributed by atoms with Gasteiger partial charge in [-0.15, -0.1) is 0 Å². The van der Waals surface area contributed by atoms with Crippen LogP contribution >= 0.6 is 0 Å². The zero-order valence-electron chi connectivity index (χ0n) is 9.34. The van der Waals surface area contributed by atoms with Crippen LogP contribution in [0.5, 0.6) is 0 Å². The molecule has 0 aliphatic carbocycles. The molecule has 2 N–H and O–H groups in total. The van der Waals surface area contributed by atoms with Crippen LogP contribution in [0.25, 0.3) is 0 Å². The Hall–Kier alpha value is -0.830. The summed E-state index contributed by atoms with van der Waals surface area (Å²) in [6.07, 6.45) is 2.23. The third-order valence-electron chi connectivity index (χ3n) is 2.70. The third-order valence-corrected chi connectivity index (χ3v) is 2.70. The van der Waals surface area contributed by atoms with Gasteiger partial charge in [-0.3, -0.25) is 0 Å². The summed E-state index contributed by atoms with van der Waals surface area (Å²) >= 11 is 0. The van der Waals surface area contributed by atoms with Crippen molar-refractivity contribution in [2.45, 2.75) is 39.7 Å². The van der Waals surface area contributed by atoms with Gasteiger partial charge in [0.2, 0.25) is 0 Å². The van der Waals surface area contributed by atoms with Crippen LogP contribution in [0.15, 0.2) is 12.2 Å². The number of rotatable bonds is 7. The first-order chi connectivity index (χ1) is 6.52. The largest absolute Gasteiger partial charge is 0.478 e. The maximum Gasteiger partial charge on any atom is 0.332 e. The van der Waals surface area contributed by atoms with E-state index in [1.54, 1.807) is 0 Å².